The lowest BCUT2D eigenvalue weighted by Gasteiger charge is -2.09. The van der Waals surface area contributed by atoms with Crippen molar-refractivity contribution in [3.05, 3.63) is 50.4 Å². The van der Waals surface area contributed by atoms with Crippen LogP contribution in [0.1, 0.15) is 0 Å². The molecule has 0 fully saturated rings. The fraction of sp³-hybridized carbons (Fsp3) is 0. The lowest BCUT2D eigenvalue weighted by Crippen LogP contribution is -1.93. The Kier molecular flexibility index (Phi) is 4.80. The molecule has 2 aromatic rings. The van der Waals surface area contributed by atoms with Gasteiger partial charge in [0.15, 0.2) is 0 Å². The van der Waals surface area contributed by atoms with Crippen LogP contribution < -0.4 is 0 Å². The van der Waals surface area contributed by atoms with Crippen LogP contribution in [-0.2, 0) is 9.05 Å². The Labute approximate surface area is 140 Å². The molecule has 0 aliphatic heterocycles. The summed E-state index contributed by atoms with van der Waals surface area (Å²) in [4.78, 5) is -0.180. The Morgan fingerprint density at radius 1 is 0.850 bits per heavy atom. The maximum atomic E-state index is 11.4. The summed E-state index contributed by atoms with van der Waals surface area (Å²) in [6, 6.07) is 7.55. The normalized spacial score (nSPS) is 11.7. The largest absolute Gasteiger partial charge is 0.262 e. The molecule has 0 aliphatic rings. The molecule has 0 aromatic heterocycles. The number of halogens is 5. The maximum Gasteiger partial charge on any atom is 0.262 e. The zero-order valence-electron chi connectivity index (χ0n) is 9.50. The minimum absolute atomic E-state index is 0.00282. The zero-order chi connectivity index (χ0) is 15.1. The predicted molar refractivity (Wildman–Crippen MR) is 85.0 cm³/mol. The van der Waals surface area contributed by atoms with Crippen molar-refractivity contribution in [2.75, 3.05) is 0 Å². The summed E-state index contributed by atoms with van der Waals surface area (Å²) in [7, 11) is 1.38. The van der Waals surface area contributed by atoms with Crippen LogP contribution in [0.2, 0.25) is 20.1 Å². The minimum Gasteiger partial charge on any atom is -0.207 e. The molecule has 2 rings (SSSR count). The molecule has 0 saturated carbocycles. The van der Waals surface area contributed by atoms with Gasteiger partial charge in [0.1, 0.15) is 4.90 Å². The number of hydrogen-bond donors (Lipinski definition) is 0. The van der Waals surface area contributed by atoms with Crippen molar-refractivity contribution in [1.82, 2.24) is 0 Å². The highest BCUT2D eigenvalue weighted by Gasteiger charge is 2.18. The number of hydrogen-bond acceptors (Lipinski definition) is 2. The molecule has 0 saturated heterocycles. The summed E-state index contributed by atoms with van der Waals surface area (Å²) in [6.45, 7) is 0. The van der Waals surface area contributed by atoms with E-state index in [0.29, 0.717) is 11.1 Å². The van der Waals surface area contributed by atoms with Crippen molar-refractivity contribution in [1.29, 1.82) is 0 Å². The molecule has 106 valence electrons. The quantitative estimate of drug-likeness (QED) is 0.473. The Hall–Kier alpha value is -0.160. The van der Waals surface area contributed by atoms with Crippen LogP contribution >= 0.6 is 57.1 Å². The van der Waals surface area contributed by atoms with E-state index >= 15 is 0 Å². The molecule has 2 aromatic carbocycles. The van der Waals surface area contributed by atoms with Gasteiger partial charge in [0.25, 0.3) is 9.05 Å². The van der Waals surface area contributed by atoms with E-state index in [1.165, 1.54) is 12.1 Å². The molecular weight excluding hydrogens is 385 g/mol. The van der Waals surface area contributed by atoms with E-state index in [1.54, 1.807) is 18.2 Å². The van der Waals surface area contributed by atoms with Crippen molar-refractivity contribution in [3.63, 3.8) is 0 Å². The number of rotatable bonds is 2. The molecule has 8 heteroatoms. The Balaban J connectivity index is 2.72. The molecule has 0 radical (unpaired) electrons. The van der Waals surface area contributed by atoms with E-state index in [4.69, 9.17) is 57.1 Å². The molecule has 0 atom stereocenters. The van der Waals surface area contributed by atoms with Gasteiger partial charge in [-0.1, -0.05) is 58.5 Å². The smallest absolute Gasteiger partial charge is 0.207 e. The molecule has 0 aliphatic carbocycles. The third kappa shape index (κ3) is 3.19. The van der Waals surface area contributed by atoms with E-state index in [9.17, 15) is 8.42 Å². The predicted octanol–water partition coefficient (Wildman–Crippen LogP) is 5.89. The SMILES string of the molecule is O=S(=O)(Cl)c1cccc(-c2cc(Cl)c(Cl)c(Cl)c2)c1Cl. The molecule has 0 unspecified atom stereocenters. The van der Waals surface area contributed by atoms with Crippen LogP contribution in [0, 0.1) is 0 Å². The van der Waals surface area contributed by atoms with Gasteiger partial charge in [0, 0.05) is 16.2 Å². The Morgan fingerprint density at radius 3 is 1.90 bits per heavy atom. The Bertz CT molecular complexity index is 763. The summed E-state index contributed by atoms with van der Waals surface area (Å²) in [5.74, 6) is 0. The highest BCUT2D eigenvalue weighted by atomic mass is 35.7. The molecule has 20 heavy (non-hydrogen) atoms. The van der Waals surface area contributed by atoms with Gasteiger partial charge in [-0.3, -0.25) is 0 Å². The van der Waals surface area contributed by atoms with E-state index in [-0.39, 0.29) is 25.0 Å². The first-order valence-corrected chi connectivity index (χ1v) is 8.92. The van der Waals surface area contributed by atoms with E-state index in [0.717, 1.165) is 0 Å². The topological polar surface area (TPSA) is 34.1 Å². The maximum absolute atomic E-state index is 11.4. The van der Waals surface area contributed by atoms with E-state index in [1.807, 2.05) is 0 Å². The van der Waals surface area contributed by atoms with Crippen LogP contribution in [0.4, 0.5) is 0 Å². The number of benzene rings is 2. The van der Waals surface area contributed by atoms with Gasteiger partial charge in [-0.2, -0.15) is 0 Å². The second-order valence-corrected chi connectivity index (χ2v) is 7.91. The van der Waals surface area contributed by atoms with Gasteiger partial charge >= 0.3 is 0 Å². The summed E-state index contributed by atoms with van der Waals surface area (Å²) >= 11 is 23.9. The summed E-state index contributed by atoms with van der Waals surface area (Å²) in [6.07, 6.45) is 0. The third-order valence-electron chi connectivity index (χ3n) is 2.52. The third-order valence-corrected chi connectivity index (χ3v) is 5.60. The summed E-state index contributed by atoms with van der Waals surface area (Å²) in [5, 5.41) is 0.694. The summed E-state index contributed by atoms with van der Waals surface area (Å²) in [5.41, 5.74) is 0.977. The second-order valence-electron chi connectivity index (χ2n) is 3.81. The van der Waals surface area contributed by atoms with Crippen LogP contribution in [0.5, 0.6) is 0 Å². The van der Waals surface area contributed by atoms with Crippen molar-refractivity contribution in [3.8, 4) is 11.1 Å². The second kappa shape index (κ2) is 5.91. The van der Waals surface area contributed by atoms with Crippen LogP contribution in [0.15, 0.2) is 35.2 Å². The highest BCUT2D eigenvalue weighted by molar-refractivity contribution is 8.13. The molecule has 0 bridgehead atoms. The van der Waals surface area contributed by atoms with Gasteiger partial charge in [-0.25, -0.2) is 8.42 Å². The van der Waals surface area contributed by atoms with Crippen LogP contribution in [0.25, 0.3) is 11.1 Å². The van der Waals surface area contributed by atoms with Gasteiger partial charge in [-0.15, -0.1) is 0 Å². The van der Waals surface area contributed by atoms with E-state index < -0.39 is 9.05 Å². The van der Waals surface area contributed by atoms with Crippen molar-refractivity contribution < 1.29 is 8.42 Å². The lowest BCUT2D eigenvalue weighted by molar-refractivity contribution is 0.609. The Morgan fingerprint density at radius 2 is 1.40 bits per heavy atom. The molecule has 2 nitrogen and oxygen atoms in total. The van der Waals surface area contributed by atoms with Gasteiger partial charge < -0.3 is 0 Å². The minimum atomic E-state index is -3.94. The first-order chi connectivity index (χ1) is 9.21. The van der Waals surface area contributed by atoms with Crippen molar-refractivity contribution in [2.24, 2.45) is 0 Å². The average molecular weight is 391 g/mol. The van der Waals surface area contributed by atoms with Gasteiger partial charge in [0.2, 0.25) is 0 Å². The molecule has 0 heterocycles. The zero-order valence-corrected chi connectivity index (χ0v) is 14.1. The fourth-order valence-electron chi connectivity index (χ4n) is 1.63. The first kappa shape index (κ1) is 16.2. The fourth-order valence-corrected chi connectivity index (χ4v) is 3.84. The van der Waals surface area contributed by atoms with Crippen LogP contribution in [0.3, 0.4) is 0 Å². The van der Waals surface area contributed by atoms with Crippen molar-refractivity contribution >= 4 is 66.1 Å². The molecular formula is C12H5Cl5O2S. The molecule has 0 amide bonds. The average Bonchev–Trinajstić information content (AvgIpc) is 2.34. The molecule has 0 spiro atoms. The van der Waals surface area contributed by atoms with Gasteiger partial charge in [-0.05, 0) is 23.8 Å². The molecule has 0 N–H and O–H groups in total. The highest BCUT2D eigenvalue weighted by Crippen LogP contribution is 2.39. The van der Waals surface area contributed by atoms with E-state index in [2.05, 4.69) is 0 Å². The lowest BCUT2D eigenvalue weighted by atomic mass is 10.1. The van der Waals surface area contributed by atoms with Crippen LogP contribution in [-0.4, -0.2) is 8.42 Å². The van der Waals surface area contributed by atoms with Gasteiger partial charge in [0.05, 0.1) is 20.1 Å². The standard InChI is InChI=1S/C12H5Cl5O2S/c13-8-4-6(5-9(14)12(8)16)7-2-1-3-10(11(7)15)20(17,18)19/h1-5H. The monoisotopic (exact) mass is 388 g/mol. The first-order valence-electron chi connectivity index (χ1n) is 5.10. The van der Waals surface area contributed by atoms with Crippen molar-refractivity contribution in [2.45, 2.75) is 4.90 Å². The summed E-state index contributed by atoms with van der Waals surface area (Å²) < 4.78 is 22.9.